The lowest BCUT2D eigenvalue weighted by atomic mass is 10.2. The topological polar surface area (TPSA) is 67.6 Å². The third-order valence-electron chi connectivity index (χ3n) is 4.89. The standard InChI is InChI=1S/C16H23NO4S/c1-11-9-14(11)15-5-3-13(21-15)4-6-16(18)17(2)12-7-8-22(19,20)10-12/h3,5,11-12,14H,4,6-10H2,1-2H3/t11-,12-,14-/m1/s1. The van der Waals surface area contributed by atoms with Crippen molar-refractivity contribution in [1.29, 1.82) is 0 Å². The number of hydrogen-bond donors (Lipinski definition) is 0. The van der Waals surface area contributed by atoms with Gasteiger partial charge in [-0.1, -0.05) is 6.92 Å². The van der Waals surface area contributed by atoms with E-state index in [9.17, 15) is 13.2 Å². The van der Waals surface area contributed by atoms with Gasteiger partial charge in [-0.15, -0.1) is 0 Å². The summed E-state index contributed by atoms with van der Waals surface area (Å²) in [6.45, 7) is 2.21. The van der Waals surface area contributed by atoms with Crippen molar-refractivity contribution >= 4 is 15.7 Å². The lowest BCUT2D eigenvalue weighted by Crippen LogP contribution is -2.37. The molecule has 1 aromatic heterocycles. The molecule has 0 aromatic carbocycles. The van der Waals surface area contributed by atoms with Crippen molar-refractivity contribution in [3.05, 3.63) is 23.7 Å². The zero-order valence-electron chi connectivity index (χ0n) is 13.1. The van der Waals surface area contributed by atoms with Crippen LogP contribution >= 0.6 is 0 Å². The molecule has 0 radical (unpaired) electrons. The SMILES string of the molecule is C[C@@H]1C[C@H]1c1ccc(CCC(=O)N(C)[C@@H]2CCS(=O)(=O)C2)o1. The second-order valence-electron chi connectivity index (χ2n) is 6.69. The molecule has 2 fully saturated rings. The molecule has 1 amide bonds. The van der Waals surface area contributed by atoms with Gasteiger partial charge >= 0.3 is 0 Å². The van der Waals surface area contributed by atoms with E-state index in [2.05, 4.69) is 6.92 Å². The largest absolute Gasteiger partial charge is 0.466 e. The molecule has 122 valence electrons. The van der Waals surface area contributed by atoms with E-state index in [1.165, 1.54) is 6.42 Å². The maximum Gasteiger partial charge on any atom is 0.223 e. The minimum atomic E-state index is -2.96. The molecular formula is C16H23NO4S. The molecule has 1 saturated heterocycles. The van der Waals surface area contributed by atoms with E-state index >= 15 is 0 Å². The van der Waals surface area contributed by atoms with Gasteiger partial charge in [0.1, 0.15) is 11.5 Å². The van der Waals surface area contributed by atoms with Gasteiger partial charge in [-0.3, -0.25) is 4.79 Å². The van der Waals surface area contributed by atoms with Crippen molar-refractivity contribution < 1.29 is 17.6 Å². The summed E-state index contributed by atoms with van der Waals surface area (Å²) in [4.78, 5) is 13.8. The molecule has 22 heavy (non-hydrogen) atoms. The highest BCUT2D eigenvalue weighted by atomic mass is 32.2. The number of sulfone groups is 1. The second-order valence-corrected chi connectivity index (χ2v) is 8.91. The van der Waals surface area contributed by atoms with Gasteiger partial charge in [0.15, 0.2) is 9.84 Å². The normalized spacial score (nSPS) is 29.5. The smallest absolute Gasteiger partial charge is 0.223 e. The molecular weight excluding hydrogens is 302 g/mol. The summed E-state index contributed by atoms with van der Waals surface area (Å²) in [6, 6.07) is 3.80. The Balaban J connectivity index is 1.50. The van der Waals surface area contributed by atoms with Crippen molar-refractivity contribution in [3.8, 4) is 0 Å². The Labute approximate surface area is 131 Å². The highest BCUT2D eigenvalue weighted by Crippen LogP contribution is 2.47. The Kier molecular flexibility index (Phi) is 4.05. The Hall–Kier alpha value is -1.30. The molecule has 3 atom stereocenters. The van der Waals surface area contributed by atoms with E-state index in [1.54, 1.807) is 11.9 Å². The Morgan fingerprint density at radius 2 is 2.14 bits per heavy atom. The Morgan fingerprint density at radius 3 is 2.73 bits per heavy atom. The minimum absolute atomic E-state index is 0.0140. The fraction of sp³-hybridized carbons (Fsp3) is 0.688. The molecule has 0 N–H and O–H groups in total. The number of nitrogens with zero attached hydrogens (tertiary/aromatic N) is 1. The first-order valence-electron chi connectivity index (χ1n) is 7.90. The number of amides is 1. The van der Waals surface area contributed by atoms with E-state index in [0.29, 0.717) is 31.1 Å². The summed E-state index contributed by atoms with van der Waals surface area (Å²) >= 11 is 0. The van der Waals surface area contributed by atoms with Gasteiger partial charge < -0.3 is 9.32 Å². The van der Waals surface area contributed by atoms with Crippen LogP contribution in [0.5, 0.6) is 0 Å². The van der Waals surface area contributed by atoms with E-state index in [0.717, 1.165) is 11.5 Å². The van der Waals surface area contributed by atoms with E-state index < -0.39 is 9.84 Å². The number of aryl methyl sites for hydroxylation is 1. The summed E-state index contributed by atoms with van der Waals surface area (Å²) in [5.41, 5.74) is 0. The summed E-state index contributed by atoms with van der Waals surface area (Å²) in [5, 5.41) is 0. The zero-order valence-corrected chi connectivity index (χ0v) is 13.9. The number of furan rings is 1. The molecule has 0 spiro atoms. The minimum Gasteiger partial charge on any atom is -0.466 e. The van der Waals surface area contributed by atoms with E-state index in [-0.39, 0.29) is 23.5 Å². The predicted molar refractivity (Wildman–Crippen MR) is 83.4 cm³/mol. The average molecular weight is 325 g/mol. The molecule has 0 unspecified atom stereocenters. The van der Waals surface area contributed by atoms with E-state index in [4.69, 9.17) is 4.42 Å². The molecule has 3 rings (SSSR count). The summed E-state index contributed by atoms with van der Waals surface area (Å²) < 4.78 is 28.8. The van der Waals surface area contributed by atoms with Crippen LogP contribution in [0.4, 0.5) is 0 Å². The Bertz CT molecular complexity index is 663. The average Bonchev–Trinajstić information content (AvgIpc) is 2.89. The highest BCUT2D eigenvalue weighted by Gasteiger charge is 2.36. The van der Waals surface area contributed by atoms with Crippen molar-refractivity contribution in [1.82, 2.24) is 4.90 Å². The number of carbonyl (C=O) groups is 1. The molecule has 1 aliphatic heterocycles. The maximum atomic E-state index is 12.2. The van der Waals surface area contributed by atoms with Gasteiger partial charge in [-0.25, -0.2) is 8.42 Å². The van der Waals surface area contributed by atoms with Crippen LogP contribution in [0.3, 0.4) is 0 Å². The predicted octanol–water partition coefficient (Wildman–Crippen LogP) is 1.98. The number of hydrogen-bond acceptors (Lipinski definition) is 4. The van der Waals surface area contributed by atoms with Gasteiger partial charge in [0, 0.05) is 31.8 Å². The lowest BCUT2D eigenvalue weighted by molar-refractivity contribution is -0.131. The fourth-order valence-electron chi connectivity index (χ4n) is 3.14. The van der Waals surface area contributed by atoms with Crippen LogP contribution in [-0.2, 0) is 21.1 Å². The third-order valence-corrected chi connectivity index (χ3v) is 6.64. The van der Waals surface area contributed by atoms with Crippen molar-refractivity contribution in [2.45, 2.75) is 44.6 Å². The van der Waals surface area contributed by atoms with Crippen LogP contribution < -0.4 is 0 Å². The molecule has 2 aliphatic rings. The van der Waals surface area contributed by atoms with Crippen LogP contribution in [0.1, 0.15) is 43.6 Å². The summed E-state index contributed by atoms with van der Waals surface area (Å²) in [6.07, 6.45) is 2.67. The maximum absolute atomic E-state index is 12.2. The van der Waals surface area contributed by atoms with Crippen molar-refractivity contribution in [2.75, 3.05) is 18.6 Å². The van der Waals surface area contributed by atoms with Gasteiger partial charge in [-0.2, -0.15) is 0 Å². The van der Waals surface area contributed by atoms with Crippen LogP contribution in [0, 0.1) is 5.92 Å². The third kappa shape index (κ3) is 3.37. The molecule has 1 aromatic rings. The molecule has 1 aliphatic carbocycles. The summed E-state index contributed by atoms with van der Waals surface area (Å²) in [7, 11) is -1.26. The second kappa shape index (κ2) is 5.72. The van der Waals surface area contributed by atoms with Crippen LogP contribution in [-0.4, -0.2) is 43.8 Å². The van der Waals surface area contributed by atoms with Gasteiger partial charge in [0.05, 0.1) is 11.5 Å². The number of carbonyl (C=O) groups excluding carboxylic acids is 1. The number of rotatable bonds is 5. The molecule has 1 saturated carbocycles. The first kappa shape index (κ1) is 15.6. The zero-order chi connectivity index (χ0) is 15.9. The van der Waals surface area contributed by atoms with Gasteiger partial charge in [-0.05, 0) is 30.9 Å². The quantitative estimate of drug-likeness (QED) is 0.830. The molecule has 5 nitrogen and oxygen atoms in total. The van der Waals surface area contributed by atoms with Crippen LogP contribution in [0.2, 0.25) is 0 Å². The molecule has 6 heteroatoms. The first-order valence-corrected chi connectivity index (χ1v) is 9.72. The molecule has 2 heterocycles. The van der Waals surface area contributed by atoms with Crippen LogP contribution in [0.15, 0.2) is 16.5 Å². The lowest BCUT2D eigenvalue weighted by Gasteiger charge is -2.23. The molecule has 0 bridgehead atoms. The van der Waals surface area contributed by atoms with Gasteiger partial charge in [0.2, 0.25) is 5.91 Å². The summed E-state index contributed by atoms with van der Waals surface area (Å²) in [5.74, 6) is 3.41. The fourth-order valence-corrected chi connectivity index (χ4v) is 4.91. The van der Waals surface area contributed by atoms with Crippen molar-refractivity contribution in [2.24, 2.45) is 5.92 Å². The Morgan fingerprint density at radius 1 is 1.41 bits per heavy atom. The van der Waals surface area contributed by atoms with E-state index in [1.807, 2.05) is 12.1 Å². The van der Waals surface area contributed by atoms with Crippen LogP contribution in [0.25, 0.3) is 0 Å². The highest BCUT2D eigenvalue weighted by molar-refractivity contribution is 7.91. The van der Waals surface area contributed by atoms with Gasteiger partial charge in [0.25, 0.3) is 0 Å². The van der Waals surface area contributed by atoms with Crippen molar-refractivity contribution in [3.63, 3.8) is 0 Å². The first-order chi connectivity index (χ1) is 10.4. The monoisotopic (exact) mass is 325 g/mol.